The molecular formula is C21H31ClN6O2S. The summed E-state index contributed by atoms with van der Waals surface area (Å²) in [5.41, 5.74) is 0. The molecule has 2 aliphatic heterocycles. The number of aromatic nitrogens is 2. The summed E-state index contributed by atoms with van der Waals surface area (Å²) in [5, 5.41) is 0.896. The van der Waals surface area contributed by atoms with Crippen LogP contribution in [0.2, 0.25) is 5.15 Å². The summed E-state index contributed by atoms with van der Waals surface area (Å²) in [7, 11) is 0. The zero-order valence-corrected chi connectivity index (χ0v) is 19.9. The van der Waals surface area contributed by atoms with Crippen LogP contribution in [0.5, 0.6) is 0 Å². The highest BCUT2D eigenvalue weighted by Gasteiger charge is 2.37. The first-order chi connectivity index (χ1) is 14.9. The number of hydrogen-bond acceptors (Lipinski definition) is 7. The number of nitrogens with zero attached hydrogens (tertiary/aromatic N) is 6. The first kappa shape index (κ1) is 22.6. The molecule has 1 atom stereocenters. The molecule has 3 heterocycles. The van der Waals surface area contributed by atoms with Crippen molar-refractivity contribution in [3.8, 4) is 0 Å². The quantitative estimate of drug-likeness (QED) is 0.360. The molecule has 31 heavy (non-hydrogen) atoms. The summed E-state index contributed by atoms with van der Waals surface area (Å²) in [6, 6.07) is 1.90. The number of anilines is 1. The molecule has 0 N–H and O–H groups in total. The van der Waals surface area contributed by atoms with Gasteiger partial charge in [0.15, 0.2) is 5.16 Å². The lowest BCUT2D eigenvalue weighted by molar-refractivity contribution is -0.135. The van der Waals surface area contributed by atoms with Gasteiger partial charge in [-0.05, 0) is 26.3 Å². The van der Waals surface area contributed by atoms with Crippen molar-refractivity contribution in [3.63, 3.8) is 0 Å². The highest BCUT2D eigenvalue weighted by molar-refractivity contribution is 7.99. The van der Waals surface area contributed by atoms with Crippen LogP contribution in [-0.4, -0.2) is 101 Å². The summed E-state index contributed by atoms with van der Waals surface area (Å²) in [5.74, 6) is 1.73. The average Bonchev–Trinajstić information content (AvgIpc) is 3.62. The highest BCUT2D eigenvalue weighted by Crippen LogP contribution is 2.33. The van der Waals surface area contributed by atoms with Gasteiger partial charge in [-0.2, -0.15) is 0 Å². The number of piperazine rings is 2. The maximum atomic E-state index is 12.6. The van der Waals surface area contributed by atoms with Gasteiger partial charge in [0.1, 0.15) is 11.0 Å². The van der Waals surface area contributed by atoms with Crippen LogP contribution in [0.25, 0.3) is 0 Å². The Labute approximate surface area is 193 Å². The molecule has 4 rings (SSSR count). The van der Waals surface area contributed by atoms with Crippen molar-refractivity contribution >= 4 is 41.0 Å². The first-order valence-electron chi connectivity index (χ1n) is 11.2. The van der Waals surface area contributed by atoms with Crippen LogP contribution in [0.4, 0.5) is 5.82 Å². The molecule has 3 fully saturated rings. The number of carbonyl (C=O) groups is 2. The lowest BCUT2D eigenvalue weighted by Gasteiger charge is -2.40. The molecule has 2 saturated heterocycles. The van der Waals surface area contributed by atoms with Gasteiger partial charge < -0.3 is 19.6 Å². The minimum atomic E-state index is 0.117. The summed E-state index contributed by atoms with van der Waals surface area (Å²) < 4.78 is 0. The third-order valence-electron chi connectivity index (χ3n) is 6.32. The maximum absolute atomic E-state index is 12.6. The van der Waals surface area contributed by atoms with Crippen LogP contribution in [-0.2, 0) is 9.59 Å². The second-order valence-corrected chi connectivity index (χ2v) is 9.87. The molecule has 1 aromatic rings. The van der Waals surface area contributed by atoms with Crippen LogP contribution >= 0.6 is 23.4 Å². The topological polar surface area (TPSA) is 72.9 Å². The van der Waals surface area contributed by atoms with Gasteiger partial charge >= 0.3 is 0 Å². The molecule has 0 spiro atoms. The number of halogens is 1. The van der Waals surface area contributed by atoms with E-state index in [1.165, 1.54) is 11.8 Å². The van der Waals surface area contributed by atoms with Crippen LogP contribution < -0.4 is 4.90 Å². The first-order valence-corrected chi connectivity index (χ1v) is 12.5. The van der Waals surface area contributed by atoms with Crippen molar-refractivity contribution in [2.75, 3.05) is 63.0 Å². The van der Waals surface area contributed by atoms with Crippen LogP contribution in [0.1, 0.15) is 26.7 Å². The lowest BCUT2D eigenvalue weighted by Crippen LogP contribution is -2.54. The van der Waals surface area contributed by atoms with Gasteiger partial charge in [-0.25, -0.2) is 9.97 Å². The standard InChI is InChI=1S/C21H31ClN6O2S/c1-3-25-6-8-26(9-7-25)19(29)14-31-21-23-17(22)12-18(24-21)27-10-11-28(15(2)13-27)20(30)16-4-5-16/h12,15-16H,3-11,13-14H2,1-2H3. The zero-order valence-electron chi connectivity index (χ0n) is 18.3. The summed E-state index contributed by atoms with van der Waals surface area (Å²) in [6.45, 7) is 10.8. The van der Waals surface area contributed by atoms with Gasteiger partial charge in [0.05, 0.1) is 5.75 Å². The summed E-state index contributed by atoms with van der Waals surface area (Å²) in [6.07, 6.45) is 2.06. The second kappa shape index (κ2) is 9.92. The van der Waals surface area contributed by atoms with E-state index in [2.05, 4.69) is 33.6 Å². The van der Waals surface area contributed by atoms with Crippen LogP contribution in [0.3, 0.4) is 0 Å². The lowest BCUT2D eigenvalue weighted by atomic mass is 10.1. The smallest absolute Gasteiger partial charge is 0.233 e. The van der Waals surface area contributed by atoms with Gasteiger partial charge in [0, 0.05) is 63.8 Å². The van der Waals surface area contributed by atoms with E-state index in [9.17, 15) is 9.59 Å². The number of amides is 2. The van der Waals surface area contributed by atoms with Gasteiger partial charge in [-0.15, -0.1) is 0 Å². The zero-order chi connectivity index (χ0) is 22.0. The molecule has 0 aromatic carbocycles. The van der Waals surface area contributed by atoms with E-state index in [0.29, 0.717) is 28.5 Å². The van der Waals surface area contributed by atoms with Gasteiger partial charge in [0.2, 0.25) is 11.8 Å². The van der Waals surface area contributed by atoms with Crippen molar-refractivity contribution in [1.29, 1.82) is 0 Å². The van der Waals surface area contributed by atoms with Gasteiger partial charge in [0.25, 0.3) is 0 Å². The third-order valence-corrected chi connectivity index (χ3v) is 7.34. The molecule has 1 saturated carbocycles. The Kier molecular flexibility index (Phi) is 7.23. The van der Waals surface area contributed by atoms with Crippen molar-refractivity contribution in [2.45, 2.75) is 37.9 Å². The van der Waals surface area contributed by atoms with Gasteiger partial charge in [-0.1, -0.05) is 30.3 Å². The molecule has 0 radical (unpaired) electrons. The molecule has 170 valence electrons. The Bertz CT molecular complexity index is 815. The second-order valence-electron chi connectivity index (χ2n) is 8.54. The fraction of sp³-hybridized carbons (Fsp3) is 0.714. The molecular weight excluding hydrogens is 436 g/mol. The summed E-state index contributed by atoms with van der Waals surface area (Å²) in [4.78, 5) is 42.5. The molecule has 1 unspecified atom stereocenters. The number of thioether (sulfide) groups is 1. The van der Waals surface area contributed by atoms with E-state index in [-0.39, 0.29) is 17.9 Å². The van der Waals surface area contributed by atoms with Crippen molar-refractivity contribution < 1.29 is 9.59 Å². The molecule has 1 aromatic heterocycles. The molecule has 2 amide bonds. The Hall–Kier alpha value is -1.58. The van der Waals surface area contributed by atoms with E-state index in [0.717, 1.165) is 64.5 Å². The predicted octanol–water partition coefficient (Wildman–Crippen LogP) is 1.83. The Morgan fingerprint density at radius 1 is 1.13 bits per heavy atom. The van der Waals surface area contributed by atoms with Crippen molar-refractivity contribution in [1.82, 2.24) is 24.7 Å². The molecule has 1 aliphatic carbocycles. The SMILES string of the molecule is CCN1CCN(C(=O)CSc2nc(Cl)cc(N3CCN(C(=O)C4CC4)C(C)C3)n2)CC1. The Morgan fingerprint density at radius 3 is 2.52 bits per heavy atom. The highest BCUT2D eigenvalue weighted by atomic mass is 35.5. The molecule has 8 nitrogen and oxygen atoms in total. The number of likely N-dealkylation sites (N-methyl/N-ethyl adjacent to an activating group) is 1. The fourth-order valence-electron chi connectivity index (χ4n) is 4.20. The molecule has 10 heteroatoms. The van der Waals surface area contributed by atoms with Crippen LogP contribution in [0, 0.1) is 5.92 Å². The van der Waals surface area contributed by atoms with Gasteiger partial charge in [-0.3, -0.25) is 9.59 Å². The predicted molar refractivity (Wildman–Crippen MR) is 123 cm³/mol. The van der Waals surface area contributed by atoms with Crippen LogP contribution in [0.15, 0.2) is 11.2 Å². The Morgan fingerprint density at radius 2 is 1.87 bits per heavy atom. The fourth-order valence-corrected chi connectivity index (χ4v) is 5.18. The molecule has 0 bridgehead atoms. The van der Waals surface area contributed by atoms with E-state index in [4.69, 9.17) is 11.6 Å². The monoisotopic (exact) mass is 466 g/mol. The summed E-state index contributed by atoms with van der Waals surface area (Å²) >= 11 is 7.61. The number of hydrogen-bond donors (Lipinski definition) is 0. The number of rotatable bonds is 6. The van der Waals surface area contributed by atoms with E-state index >= 15 is 0 Å². The molecule has 3 aliphatic rings. The Balaban J connectivity index is 1.33. The normalized spacial score (nSPS) is 22.7. The largest absolute Gasteiger partial charge is 0.353 e. The third kappa shape index (κ3) is 5.62. The average molecular weight is 467 g/mol. The van der Waals surface area contributed by atoms with E-state index in [1.54, 1.807) is 6.07 Å². The number of carbonyl (C=O) groups excluding carboxylic acids is 2. The van der Waals surface area contributed by atoms with Crippen molar-refractivity contribution in [3.05, 3.63) is 11.2 Å². The minimum Gasteiger partial charge on any atom is -0.353 e. The minimum absolute atomic E-state index is 0.117. The van der Waals surface area contributed by atoms with E-state index < -0.39 is 0 Å². The van der Waals surface area contributed by atoms with E-state index in [1.807, 2.05) is 9.80 Å². The maximum Gasteiger partial charge on any atom is 0.233 e. The van der Waals surface area contributed by atoms with Crippen molar-refractivity contribution in [2.24, 2.45) is 5.92 Å².